The van der Waals surface area contributed by atoms with E-state index in [0.717, 1.165) is 28.0 Å². The second kappa shape index (κ2) is 6.69. The lowest BCUT2D eigenvalue weighted by atomic mass is 10.2. The van der Waals surface area contributed by atoms with E-state index >= 15 is 0 Å². The van der Waals surface area contributed by atoms with E-state index in [9.17, 15) is 4.79 Å². The maximum absolute atomic E-state index is 12.6. The van der Waals surface area contributed by atoms with Crippen molar-refractivity contribution in [3.8, 4) is 11.4 Å². The zero-order valence-corrected chi connectivity index (χ0v) is 14.8. The van der Waals surface area contributed by atoms with E-state index in [2.05, 4.69) is 4.98 Å². The zero-order valence-electron chi connectivity index (χ0n) is 14.1. The predicted molar refractivity (Wildman–Crippen MR) is 102 cm³/mol. The molecule has 130 valence electrons. The molecule has 0 bridgehead atoms. The molecule has 0 unspecified atom stereocenters. The molecular weight excluding hydrogens is 350 g/mol. The molecule has 0 fully saturated rings. The largest absolute Gasteiger partial charge is 0.489 e. The quantitative estimate of drug-likeness (QED) is 0.514. The number of fused-ring (bicyclic) bond motifs is 1. The van der Waals surface area contributed by atoms with Gasteiger partial charge in [0.25, 0.3) is 0 Å². The van der Waals surface area contributed by atoms with Crippen LogP contribution in [0.1, 0.15) is 5.56 Å². The molecular formula is C20H16ClN3O2. The summed E-state index contributed by atoms with van der Waals surface area (Å²) in [4.78, 5) is 16.7. The average Bonchev–Trinajstić information content (AvgIpc) is 2.91. The number of halogens is 1. The van der Waals surface area contributed by atoms with Gasteiger partial charge in [-0.05, 0) is 29.8 Å². The lowest BCUT2D eigenvalue weighted by Crippen LogP contribution is -2.20. The molecule has 0 radical (unpaired) electrons. The molecule has 6 heteroatoms. The molecule has 5 nitrogen and oxygen atoms in total. The summed E-state index contributed by atoms with van der Waals surface area (Å²) >= 11 is 6.01. The fraction of sp³-hybridized carbons (Fsp3) is 0.100. The number of benzene rings is 2. The van der Waals surface area contributed by atoms with Crippen LogP contribution in [0.5, 0.6) is 5.75 Å². The highest BCUT2D eigenvalue weighted by Gasteiger charge is 2.13. The fourth-order valence-corrected chi connectivity index (χ4v) is 3.04. The van der Waals surface area contributed by atoms with Crippen LogP contribution in [0.3, 0.4) is 0 Å². The third kappa shape index (κ3) is 2.97. The van der Waals surface area contributed by atoms with Gasteiger partial charge in [0.15, 0.2) is 0 Å². The van der Waals surface area contributed by atoms with Crippen molar-refractivity contribution in [2.75, 3.05) is 0 Å². The number of aromatic nitrogens is 3. The summed E-state index contributed by atoms with van der Waals surface area (Å²) in [6.07, 6.45) is 1.60. The van der Waals surface area contributed by atoms with Crippen molar-refractivity contribution in [3.05, 3.63) is 88.1 Å². The zero-order chi connectivity index (χ0) is 18.1. The van der Waals surface area contributed by atoms with Crippen LogP contribution in [-0.2, 0) is 13.7 Å². The second-order valence-electron chi connectivity index (χ2n) is 5.94. The van der Waals surface area contributed by atoms with E-state index in [0.29, 0.717) is 11.8 Å². The van der Waals surface area contributed by atoms with Crippen LogP contribution in [0.15, 0.2) is 71.7 Å². The third-order valence-electron chi connectivity index (χ3n) is 4.25. The van der Waals surface area contributed by atoms with Crippen molar-refractivity contribution in [3.63, 3.8) is 0 Å². The molecule has 0 saturated heterocycles. The highest BCUT2D eigenvalue weighted by molar-refractivity contribution is 6.29. The molecule has 0 aliphatic heterocycles. The topological polar surface area (TPSA) is 49.0 Å². The summed E-state index contributed by atoms with van der Waals surface area (Å²) in [6.45, 7) is 0.496. The number of rotatable bonds is 4. The van der Waals surface area contributed by atoms with Gasteiger partial charge in [0.05, 0.1) is 22.9 Å². The van der Waals surface area contributed by atoms with Crippen LogP contribution < -0.4 is 10.4 Å². The molecule has 0 N–H and O–H groups in total. The first kappa shape index (κ1) is 16.4. The molecule has 4 aromatic rings. The van der Waals surface area contributed by atoms with Crippen LogP contribution >= 0.6 is 11.6 Å². The Morgan fingerprint density at radius 1 is 1.04 bits per heavy atom. The van der Waals surface area contributed by atoms with Gasteiger partial charge < -0.3 is 4.74 Å². The van der Waals surface area contributed by atoms with Gasteiger partial charge in [0, 0.05) is 13.1 Å². The summed E-state index contributed by atoms with van der Waals surface area (Å²) < 4.78 is 8.97. The molecule has 4 rings (SSSR count). The maximum Gasteiger partial charge on any atom is 0.333 e. The van der Waals surface area contributed by atoms with Gasteiger partial charge in [-0.1, -0.05) is 41.9 Å². The first-order valence-electron chi connectivity index (χ1n) is 8.13. The molecule has 0 aliphatic rings. The van der Waals surface area contributed by atoms with Crippen molar-refractivity contribution >= 4 is 22.6 Å². The summed E-state index contributed by atoms with van der Waals surface area (Å²) in [6, 6.07) is 19.1. The summed E-state index contributed by atoms with van der Waals surface area (Å²) in [7, 11) is 1.72. The van der Waals surface area contributed by atoms with E-state index in [4.69, 9.17) is 16.3 Å². The minimum atomic E-state index is -0.151. The van der Waals surface area contributed by atoms with Crippen molar-refractivity contribution in [2.45, 2.75) is 6.61 Å². The first-order chi connectivity index (χ1) is 12.6. The molecule has 0 amide bonds. The smallest absolute Gasteiger partial charge is 0.333 e. The van der Waals surface area contributed by atoms with Gasteiger partial charge in [0.2, 0.25) is 0 Å². The van der Waals surface area contributed by atoms with Gasteiger partial charge in [0.1, 0.15) is 17.5 Å². The Morgan fingerprint density at radius 3 is 2.50 bits per heavy atom. The van der Waals surface area contributed by atoms with Gasteiger partial charge in [-0.2, -0.15) is 0 Å². The summed E-state index contributed by atoms with van der Waals surface area (Å²) in [5.74, 6) is 0.741. The molecule has 0 atom stereocenters. The SMILES string of the molecule is Cn1c(=O)n(-c2ccc(OCc3ccccc3)cc2)c2cc(Cl)ncc21. The van der Waals surface area contributed by atoms with E-state index in [1.165, 1.54) is 0 Å². The van der Waals surface area contributed by atoms with E-state index in [1.807, 2.05) is 54.6 Å². The van der Waals surface area contributed by atoms with Gasteiger partial charge in [-0.25, -0.2) is 9.78 Å². The van der Waals surface area contributed by atoms with Crippen LogP contribution in [0.25, 0.3) is 16.7 Å². The van der Waals surface area contributed by atoms with E-state index < -0.39 is 0 Å². The molecule has 2 heterocycles. The number of nitrogens with zero attached hydrogens (tertiary/aromatic N) is 3. The molecule has 0 aliphatic carbocycles. The summed E-state index contributed by atoms with van der Waals surface area (Å²) in [5.41, 5.74) is 3.14. The average molecular weight is 366 g/mol. The van der Waals surface area contributed by atoms with Crippen molar-refractivity contribution in [1.29, 1.82) is 0 Å². The Labute approximate surface area is 155 Å². The first-order valence-corrected chi connectivity index (χ1v) is 8.51. The van der Waals surface area contributed by atoms with Crippen LogP contribution in [0.2, 0.25) is 5.15 Å². The van der Waals surface area contributed by atoms with Gasteiger partial charge >= 0.3 is 5.69 Å². The van der Waals surface area contributed by atoms with Gasteiger partial charge in [-0.3, -0.25) is 9.13 Å². The minimum absolute atomic E-state index is 0.151. The van der Waals surface area contributed by atoms with Crippen molar-refractivity contribution in [1.82, 2.24) is 14.1 Å². The number of hydrogen-bond donors (Lipinski definition) is 0. The number of hydrogen-bond acceptors (Lipinski definition) is 3. The van der Waals surface area contributed by atoms with E-state index in [1.54, 1.807) is 28.4 Å². The number of aryl methyl sites for hydroxylation is 1. The second-order valence-corrected chi connectivity index (χ2v) is 6.33. The molecule has 2 aromatic heterocycles. The highest BCUT2D eigenvalue weighted by Crippen LogP contribution is 2.21. The van der Waals surface area contributed by atoms with Crippen molar-refractivity contribution in [2.24, 2.45) is 7.05 Å². The Kier molecular flexibility index (Phi) is 4.22. The Morgan fingerprint density at radius 2 is 1.77 bits per heavy atom. The normalized spacial score (nSPS) is 11.0. The molecule has 26 heavy (non-hydrogen) atoms. The monoisotopic (exact) mass is 365 g/mol. The summed E-state index contributed by atoms with van der Waals surface area (Å²) in [5, 5.41) is 0.347. The number of ether oxygens (including phenoxy) is 1. The van der Waals surface area contributed by atoms with Crippen molar-refractivity contribution < 1.29 is 4.74 Å². The Bertz CT molecular complexity index is 1120. The minimum Gasteiger partial charge on any atom is -0.489 e. The molecule has 2 aromatic carbocycles. The standard InChI is InChI=1S/C20H16ClN3O2/c1-23-18-12-22-19(21)11-17(18)24(20(23)25)15-7-9-16(10-8-15)26-13-14-5-3-2-4-6-14/h2-12H,13H2,1H3. The lowest BCUT2D eigenvalue weighted by Gasteiger charge is -2.08. The van der Waals surface area contributed by atoms with Crippen LogP contribution in [0, 0.1) is 0 Å². The Balaban J connectivity index is 1.65. The molecule has 0 spiro atoms. The van der Waals surface area contributed by atoms with Crippen LogP contribution in [-0.4, -0.2) is 14.1 Å². The number of pyridine rings is 1. The third-order valence-corrected chi connectivity index (χ3v) is 4.46. The number of imidazole rings is 1. The van der Waals surface area contributed by atoms with E-state index in [-0.39, 0.29) is 5.69 Å². The highest BCUT2D eigenvalue weighted by atomic mass is 35.5. The van der Waals surface area contributed by atoms with Crippen LogP contribution in [0.4, 0.5) is 0 Å². The lowest BCUT2D eigenvalue weighted by molar-refractivity contribution is 0.306. The maximum atomic E-state index is 12.6. The fourth-order valence-electron chi connectivity index (χ4n) is 2.89. The predicted octanol–water partition coefficient (Wildman–Crippen LogP) is 3.96. The van der Waals surface area contributed by atoms with Gasteiger partial charge in [-0.15, -0.1) is 0 Å². The molecule has 0 saturated carbocycles. The Hall–Kier alpha value is -3.05.